The Bertz CT molecular complexity index is 1090. The van der Waals surface area contributed by atoms with E-state index in [1.165, 1.54) is 12.7 Å². The van der Waals surface area contributed by atoms with Crippen LogP contribution in [-0.2, 0) is 21.1 Å². The van der Waals surface area contributed by atoms with Gasteiger partial charge in [-0.05, 0) is 37.2 Å². The van der Waals surface area contributed by atoms with Gasteiger partial charge in [0.15, 0.2) is 21.2 Å². The number of carbonyl (C=O) groups is 1. The summed E-state index contributed by atoms with van der Waals surface area (Å²) in [5.74, 6) is 0.351. The molecule has 2 fully saturated rings. The molecule has 8 heteroatoms. The second-order valence-electron chi connectivity index (χ2n) is 9.13. The van der Waals surface area contributed by atoms with Crippen molar-refractivity contribution in [1.29, 1.82) is 5.26 Å². The molecule has 1 heterocycles. The number of rotatable bonds is 8. The largest absolute Gasteiger partial charge is 0.294 e. The van der Waals surface area contributed by atoms with Crippen LogP contribution in [0.4, 0.5) is 0 Å². The van der Waals surface area contributed by atoms with Crippen molar-refractivity contribution in [2.45, 2.75) is 68.6 Å². The number of hydrogen-bond acceptors (Lipinski definition) is 6. The highest BCUT2D eigenvalue weighted by Gasteiger charge is 2.47. The monoisotopic (exact) mass is 440 g/mol. The highest BCUT2D eigenvalue weighted by Crippen LogP contribution is 2.43. The number of hydrogen-bond donors (Lipinski definition) is 0. The molecule has 0 bridgehead atoms. The van der Waals surface area contributed by atoms with E-state index in [-0.39, 0.29) is 17.5 Å². The standard InChI is InChI=1S/C23H28N4O3S/c1-31(29,30)15-17-7-9-19(10-8-17)22(28)13-20(18-5-3-2-4-6-18)21-14-27(26-25-21)23(16-24)11-12-23/h7-10,14,18,20H,2-6,11-13,15H2,1H3/t20-/m0/s1. The summed E-state index contributed by atoms with van der Waals surface area (Å²) in [4.78, 5) is 13.1. The summed E-state index contributed by atoms with van der Waals surface area (Å²) in [6, 6.07) is 9.19. The van der Waals surface area contributed by atoms with Gasteiger partial charge in [0, 0.05) is 24.2 Å². The third kappa shape index (κ3) is 5.04. The van der Waals surface area contributed by atoms with E-state index in [0.29, 0.717) is 23.5 Å². The van der Waals surface area contributed by atoms with Gasteiger partial charge in [-0.1, -0.05) is 48.7 Å². The van der Waals surface area contributed by atoms with E-state index in [4.69, 9.17) is 0 Å². The number of sulfone groups is 1. The summed E-state index contributed by atoms with van der Waals surface area (Å²) < 4.78 is 24.7. The second-order valence-corrected chi connectivity index (χ2v) is 11.3. The van der Waals surface area contributed by atoms with Crippen molar-refractivity contribution in [3.63, 3.8) is 0 Å². The van der Waals surface area contributed by atoms with Crippen molar-refractivity contribution in [2.24, 2.45) is 5.92 Å². The van der Waals surface area contributed by atoms with Gasteiger partial charge in [-0.2, -0.15) is 5.26 Å². The summed E-state index contributed by atoms with van der Waals surface area (Å²) in [6.07, 6.45) is 10.7. The predicted molar refractivity (Wildman–Crippen MR) is 116 cm³/mol. The van der Waals surface area contributed by atoms with Gasteiger partial charge in [-0.3, -0.25) is 4.79 Å². The minimum Gasteiger partial charge on any atom is -0.294 e. The maximum Gasteiger partial charge on any atom is 0.163 e. The van der Waals surface area contributed by atoms with Crippen LogP contribution in [0, 0.1) is 17.2 Å². The molecular formula is C23H28N4O3S. The lowest BCUT2D eigenvalue weighted by Gasteiger charge is -2.28. The first kappa shape index (κ1) is 21.7. The summed E-state index contributed by atoms with van der Waals surface area (Å²) >= 11 is 0. The molecule has 1 atom stereocenters. The smallest absolute Gasteiger partial charge is 0.163 e. The van der Waals surface area contributed by atoms with Crippen LogP contribution in [0.2, 0.25) is 0 Å². The quantitative estimate of drug-likeness (QED) is 0.579. The Morgan fingerprint density at radius 2 is 1.90 bits per heavy atom. The van der Waals surface area contributed by atoms with E-state index in [1.807, 2.05) is 6.20 Å². The van der Waals surface area contributed by atoms with Crippen LogP contribution in [0.25, 0.3) is 0 Å². The lowest BCUT2D eigenvalue weighted by atomic mass is 9.76. The molecule has 0 aliphatic heterocycles. The van der Waals surface area contributed by atoms with Gasteiger partial charge in [0.2, 0.25) is 0 Å². The Balaban J connectivity index is 1.54. The number of nitrogens with zero attached hydrogens (tertiary/aromatic N) is 4. The van der Waals surface area contributed by atoms with Crippen molar-refractivity contribution in [3.8, 4) is 6.07 Å². The van der Waals surface area contributed by atoms with Gasteiger partial charge in [-0.15, -0.1) is 5.10 Å². The Hall–Kier alpha value is -2.53. The molecule has 0 saturated heterocycles. The van der Waals surface area contributed by atoms with E-state index in [0.717, 1.165) is 44.2 Å². The summed E-state index contributed by atoms with van der Waals surface area (Å²) in [7, 11) is -3.11. The molecule has 0 amide bonds. The normalized spacial score (nSPS) is 19.5. The van der Waals surface area contributed by atoms with Crippen molar-refractivity contribution < 1.29 is 13.2 Å². The number of ketones is 1. The second kappa shape index (κ2) is 8.54. The van der Waals surface area contributed by atoms with Crippen molar-refractivity contribution in [3.05, 3.63) is 47.3 Å². The molecule has 164 valence electrons. The summed E-state index contributed by atoms with van der Waals surface area (Å²) in [6.45, 7) is 0. The van der Waals surface area contributed by atoms with Crippen LogP contribution in [-0.4, -0.2) is 35.5 Å². The van der Waals surface area contributed by atoms with Crippen LogP contribution in [0.1, 0.15) is 78.9 Å². The van der Waals surface area contributed by atoms with Crippen LogP contribution >= 0.6 is 0 Å². The molecule has 7 nitrogen and oxygen atoms in total. The fourth-order valence-electron chi connectivity index (χ4n) is 4.62. The third-order valence-corrected chi connectivity index (χ3v) is 7.45. The first-order chi connectivity index (χ1) is 14.8. The average Bonchev–Trinajstić information content (AvgIpc) is 3.40. The molecule has 1 aromatic carbocycles. The minimum atomic E-state index is -3.11. The van der Waals surface area contributed by atoms with Gasteiger partial charge in [0.05, 0.1) is 23.7 Å². The molecule has 2 aliphatic rings. The summed E-state index contributed by atoms with van der Waals surface area (Å²) in [5, 5.41) is 18.1. The van der Waals surface area contributed by atoms with Gasteiger partial charge in [0.1, 0.15) is 0 Å². The van der Waals surface area contributed by atoms with Crippen molar-refractivity contribution in [1.82, 2.24) is 15.0 Å². The van der Waals surface area contributed by atoms with Crippen LogP contribution < -0.4 is 0 Å². The molecule has 0 radical (unpaired) electrons. The Kier molecular flexibility index (Phi) is 5.98. The molecule has 0 unspecified atom stereocenters. The van der Waals surface area contributed by atoms with E-state index < -0.39 is 15.4 Å². The maximum absolute atomic E-state index is 13.1. The van der Waals surface area contributed by atoms with E-state index >= 15 is 0 Å². The van der Waals surface area contributed by atoms with Crippen molar-refractivity contribution >= 4 is 15.6 Å². The van der Waals surface area contributed by atoms with E-state index in [1.54, 1.807) is 28.9 Å². The minimum absolute atomic E-state index is 0.0215. The molecule has 4 rings (SSSR count). The van der Waals surface area contributed by atoms with Crippen LogP contribution in [0.5, 0.6) is 0 Å². The van der Waals surface area contributed by atoms with Crippen molar-refractivity contribution in [2.75, 3.05) is 6.26 Å². The van der Waals surface area contributed by atoms with Gasteiger partial charge in [-0.25, -0.2) is 13.1 Å². The molecule has 0 N–H and O–H groups in total. The fourth-order valence-corrected chi connectivity index (χ4v) is 5.42. The predicted octanol–water partition coefficient (Wildman–Crippen LogP) is 3.77. The number of benzene rings is 1. The first-order valence-electron chi connectivity index (χ1n) is 10.9. The molecule has 0 spiro atoms. The SMILES string of the molecule is CS(=O)(=O)Cc1ccc(C(=O)C[C@H](c2cn(C3(C#N)CC3)nn2)C2CCCCC2)cc1. The highest BCUT2D eigenvalue weighted by molar-refractivity contribution is 7.89. The highest BCUT2D eigenvalue weighted by atomic mass is 32.2. The lowest BCUT2D eigenvalue weighted by molar-refractivity contribution is 0.0957. The maximum atomic E-state index is 13.1. The molecule has 1 aromatic heterocycles. The molecule has 2 aliphatic carbocycles. The number of aromatic nitrogens is 3. The van der Waals surface area contributed by atoms with Crippen LogP contribution in [0.3, 0.4) is 0 Å². The first-order valence-corrected chi connectivity index (χ1v) is 13.0. The van der Waals surface area contributed by atoms with Gasteiger partial charge in [0.25, 0.3) is 0 Å². The van der Waals surface area contributed by atoms with Crippen LogP contribution in [0.15, 0.2) is 30.5 Å². The van der Waals surface area contributed by atoms with E-state index in [9.17, 15) is 18.5 Å². The number of carbonyl (C=O) groups excluding carboxylic acids is 1. The zero-order valence-corrected chi connectivity index (χ0v) is 18.6. The molecule has 31 heavy (non-hydrogen) atoms. The Morgan fingerprint density at radius 1 is 1.23 bits per heavy atom. The lowest BCUT2D eigenvalue weighted by Crippen LogP contribution is -2.20. The molecule has 2 saturated carbocycles. The Morgan fingerprint density at radius 3 is 2.48 bits per heavy atom. The zero-order valence-electron chi connectivity index (χ0n) is 17.8. The molecule has 2 aromatic rings. The Labute approximate surface area is 183 Å². The van der Waals surface area contributed by atoms with E-state index in [2.05, 4.69) is 16.4 Å². The average molecular weight is 441 g/mol. The number of Topliss-reactive ketones (excluding diaryl/α,β-unsaturated/α-hetero) is 1. The zero-order chi connectivity index (χ0) is 22.1. The molecular weight excluding hydrogens is 412 g/mol. The summed E-state index contributed by atoms with van der Waals surface area (Å²) in [5.41, 5.74) is 1.51. The topological polar surface area (TPSA) is 106 Å². The van der Waals surface area contributed by atoms with Gasteiger partial charge >= 0.3 is 0 Å². The fraction of sp³-hybridized carbons (Fsp3) is 0.565. The number of nitriles is 1. The van der Waals surface area contributed by atoms with Gasteiger partial charge < -0.3 is 0 Å². The third-order valence-electron chi connectivity index (χ3n) is 6.59.